The van der Waals surface area contributed by atoms with Crippen molar-refractivity contribution in [3.63, 3.8) is 0 Å². The van der Waals surface area contributed by atoms with Crippen molar-refractivity contribution in [2.45, 2.75) is 0 Å². The van der Waals surface area contributed by atoms with Gasteiger partial charge in [0.25, 0.3) is 5.91 Å². The molecule has 0 saturated heterocycles. The zero-order valence-corrected chi connectivity index (χ0v) is 11.1. The monoisotopic (exact) mass is 298 g/mol. The molecular weight excluding hydrogens is 290 g/mol. The zero-order valence-electron chi connectivity index (χ0n) is 9.58. The van der Waals surface area contributed by atoms with Crippen molar-refractivity contribution in [1.29, 1.82) is 0 Å². The zero-order chi connectivity index (χ0) is 14.0. The van der Waals surface area contributed by atoms with Crippen molar-refractivity contribution < 1.29 is 9.18 Å². The molecule has 3 N–H and O–H groups in total. The van der Waals surface area contributed by atoms with Crippen LogP contribution >= 0.6 is 23.2 Å². The number of anilines is 2. The number of amides is 1. The molecule has 0 fully saturated rings. The van der Waals surface area contributed by atoms with Crippen LogP contribution in [0.2, 0.25) is 10.0 Å². The normalized spacial score (nSPS) is 10.3. The fourth-order valence-corrected chi connectivity index (χ4v) is 1.84. The Kier molecular flexibility index (Phi) is 3.93. The lowest BCUT2D eigenvalue weighted by molar-refractivity contribution is 0.102. The van der Waals surface area contributed by atoms with Gasteiger partial charge < -0.3 is 11.1 Å². The van der Waals surface area contributed by atoms with Crippen molar-refractivity contribution in [3.8, 4) is 0 Å². The van der Waals surface area contributed by atoms with E-state index in [2.05, 4.69) is 5.32 Å². The average Bonchev–Trinajstić information content (AvgIpc) is 2.36. The summed E-state index contributed by atoms with van der Waals surface area (Å²) < 4.78 is 13.5. The van der Waals surface area contributed by atoms with Crippen LogP contribution in [-0.2, 0) is 0 Å². The lowest BCUT2D eigenvalue weighted by Gasteiger charge is -2.08. The molecular formula is C13H9Cl2FN2O. The SMILES string of the molecule is Nc1ccc(F)c(C(=O)Nc2cc(Cl)ccc2Cl)c1. The molecule has 2 aromatic carbocycles. The molecule has 0 heterocycles. The maximum atomic E-state index is 13.5. The highest BCUT2D eigenvalue weighted by Gasteiger charge is 2.13. The summed E-state index contributed by atoms with van der Waals surface area (Å²) in [4.78, 5) is 11.9. The van der Waals surface area contributed by atoms with Crippen molar-refractivity contribution in [2.24, 2.45) is 0 Å². The van der Waals surface area contributed by atoms with Gasteiger partial charge in [-0.05, 0) is 36.4 Å². The molecule has 0 aromatic heterocycles. The van der Waals surface area contributed by atoms with Gasteiger partial charge in [0.05, 0.1) is 16.3 Å². The highest BCUT2D eigenvalue weighted by molar-refractivity contribution is 6.35. The standard InChI is InChI=1S/C13H9Cl2FN2O/c14-7-1-3-10(15)12(5-7)18-13(19)9-6-8(17)2-4-11(9)16/h1-6H,17H2,(H,18,19). The summed E-state index contributed by atoms with van der Waals surface area (Å²) in [5, 5.41) is 3.20. The molecule has 0 aliphatic rings. The fourth-order valence-electron chi connectivity index (χ4n) is 1.50. The fraction of sp³-hybridized carbons (Fsp3) is 0. The largest absolute Gasteiger partial charge is 0.399 e. The molecule has 0 radical (unpaired) electrons. The minimum Gasteiger partial charge on any atom is -0.399 e. The van der Waals surface area contributed by atoms with Gasteiger partial charge in [-0.3, -0.25) is 4.79 Å². The maximum absolute atomic E-state index is 13.5. The van der Waals surface area contributed by atoms with E-state index in [4.69, 9.17) is 28.9 Å². The van der Waals surface area contributed by atoms with Gasteiger partial charge in [-0.1, -0.05) is 23.2 Å². The van der Waals surface area contributed by atoms with Crippen molar-refractivity contribution >= 4 is 40.5 Å². The summed E-state index contributed by atoms with van der Waals surface area (Å²) in [6.45, 7) is 0. The Morgan fingerprint density at radius 3 is 2.63 bits per heavy atom. The molecule has 0 aliphatic carbocycles. The second-order valence-electron chi connectivity index (χ2n) is 3.82. The van der Waals surface area contributed by atoms with Gasteiger partial charge >= 0.3 is 0 Å². The lowest BCUT2D eigenvalue weighted by atomic mass is 10.1. The molecule has 2 aromatic rings. The van der Waals surface area contributed by atoms with Gasteiger partial charge in [0, 0.05) is 10.7 Å². The Balaban J connectivity index is 2.30. The molecule has 3 nitrogen and oxygen atoms in total. The van der Waals surface area contributed by atoms with E-state index in [0.29, 0.717) is 21.4 Å². The molecule has 0 unspecified atom stereocenters. The number of benzene rings is 2. The van der Waals surface area contributed by atoms with E-state index in [1.807, 2.05) is 0 Å². The first-order valence-electron chi connectivity index (χ1n) is 5.29. The van der Waals surface area contributed by atoms with Crippen LogP contribution in [0.4, 0.5) is 15.8 Å². The second-order valence-corrected chi connectivity index (χ2v) is 4.66. The number of carbonyl (C=O) groups excluding carboxylic acids is 1. The summed E-state index contributed by atoms with van der Waals surface area (Å²) in [6, 6.07) is 8.35. The number of nitrogen functional groups attached to an aromatic ring is 1. The van der Waals surface area contributed by atoms with E-state index >= 15 is 0 Å². The van der Waals surface area contributed by atoms with Gasteiger partial charge in [0.15, 0.2) is 0 Å². The Labute approximate surface area is 119 Å². The van der Waals surface area contributed by atoms with Gasteiger partial charge in [-0.25, -0.2) is 4.39 Å². The Hall–Kier alpha value is -1.78. The Morgan fingerprint density at radius 1 is 1.16 bits per heavy atom. The van der Waals surface area contributed by atoms with Crippen LogP contribution in [0.25, 0.3) is 0 Å². The molecule has 6 heteroatoms. The van der Waals surface area contributed by atoms with E-state index in [-0.39, 0.29) is 5.56 Å². The molecule has 0 saturated carbocycles. The van der Waals surface area contributed by atoms with Crippen LogP contribution in [-0.4, -0.2) is 5.91 Å². The van der Waals surface area contributed by atoms with Gasteiger partial charge in [0.1, 0.15) is 5.82 Å². The van der Waals surface area contributed by atoms with E-state index in [9.17, 15) is 9.18 Å². The quantitative estimate of drug-likeness (QED) is 0.824. The molecule has 1 amide bonds. The second kappa shape index (κ2) is 5.47. The number of hydrogen-bond acceptors (Lipinski definition) is 2. The molecule has 0 aliphatic heterocycles. The molecule has 0 spiro atoms. The van der Waals surface area contributed by atoms with Gasteiger partial charge in [-0.15, -0.1) is 0 Å². The predicted molar refractivity (Wildman–Crippen MR) is 75.2 cm³/mol. The molecule has 98 valence electrons. The van der Waals surface area contributed by atoms with Crippen molar-refractivity contribution in [1.82, 2.24) is 0 Å². The van der Waals surface area contributed by atoms with E-state index in [1.165, 1.54) is 24.3 Å². The molecule has 2 rings (SSSR count). The molecule has 19 heavy (non-hydrogen) atoms. The van der Waals surface area contributed by atoms with E-state index < -0.39 is 11.7 Å². The number of hydrogen-bond donors (Lipinski definition) is 2. The summed E-state index contributed by atoms with van der Waals surface area (Å²) in [5.74, 6) is -1.31. The van der Waals surface area contributed by atoms with Crippen LogP contribution in [0.15, 0.2) is 36.4 Å². The van der Waals surface area contributed by atoms with Crippen LogP contribution in [0.5, 0.6) is 0 Å². The smallest absolute Gasteiger partial charge is 0.258 e. The maximum Gasteiger partial charge on any atom is 0.258 e. The van der Waals surface area contributed by atoms with Crippen molar-refractivity contribution in [3.05, 3.63) is 57.8 Å². The minimum absolute atomic E-state index is 0.156. The van der Waals surface area contributed by atoms with Crippen LogP contribution in [0.3, 0.4) is 0 Å². The third-order valence-corrected chi connectivity index (χ3v) is 2.98. The van der Waals surface area contributed by atoms with E-state index in [0.717, 1.165) is 6.07 Å². The first kappa shape index (κ1) is 13.6. The van der Waals surface area contributed by atoms with Crippen molar-refractivity contribution in [2.75, 3.05) is 11.1 Å². The summed E-state index contributed by atoms with van der Waals surface area (Å²) in [7, 11) is 0. The summed E-state index contributed by atoms with van der Waals surface area (Å²) in [5.41, 5.74) is 5.96. The highest BCUT2D eigenvalue weighted by Crippen LogP contribution is 2.26. The first-order valence-corrected chi connectivity index (χ1v) is 6.04. The number of carbonyl (C=O) groups is 1. The Bertz CT molecular complexity index is 647. The third-order valence-electron chi connectivity index (χ3n) is 2.41. The van der Waals surface area contributed by atoms with E-state index in [1.54, 1.807) is 6.07 Å². The van der Waals surface area contributed by atoms with Crippen LogP contribution in [0.1, 0.15) is 10.4 Å². The Morgan fingerprint density at radius 2 is 1.89 bits per heavy atom. The number of nitrogens with one attached hydrogen (secondary N) is 1. The lowest BCUT2D eigenvalue weighted by Crippen LogP contribution is -2.14. The van der Waals surface area contributed by atoms with Gasteiger partial charge in [-0.2, -0.15) is 0 Å². The topological polar surface area (TPSA) is 55.1 Å². The minimum atomic E-state index is -0.662. The van der Waals surface area contributed by atoms with Crippen LogP contribution < -0.4 is 11.1 Å². The molecule has 0 atom stereocenters. The van der Waals surface area contributed by atoms with Crippen LogP contribution in [0, 0.1) is 5.82 Å². The highest BCUT2D eigenvalue weighted by atomic mass is 35.5. The predicted octanol–water partition coefficient (Wildman–Crippen LogP) is 3.97. The molecule has 0 bridgehead atoms. The van der Waals surface area contributed by atoms with Gasteiger partial charge in [0.2, 0.25) is 0 Å². The third kappa shape index (κ3) is 3.16. The summed E-state index contributed by atoms with van der Waals surface area (Å²) in [6.07, 6.45) is 0. The number of nitrogens with two attached hydrogens (primary N) is 1. The average molecular weight is 299 g/mol. The summed E-state index contributed by atoms with van der Waals surface area (Å²) >= 11 is 11.7. The first-order chi connectivity index (χ1) is 8.97. The number of rotatable bonds is 2. The number of halogens is 3.